The van der Waals surface area contributed by atoms with Gasteiger partial charge in [-0.25, -0.2) is 4.67 Å². The van der Waals surface area contributed by atoms with Crippen molar-refractivity contribution in [2.24, 2.45) is 0 Å². The van der Waals surface area contributed by atoms with Crippen LogP contribution in [0.25, 0.3) is 0 Å². The first-order valence-electron chi connectivity index (χ1n) is 10.6. The first kappa shape index (κ1) is 31.4. The molecular formula is C20H39BN2O7P2. The molecular weight excluding hydrogens is 453 g/mol. The van der Waals surface area contributed by atoms with E-state index in [0.717, 1.165) is 0 Å². The number of nitriles is 1. The lowest BCUT2D eigenvalue weighted by atomic mass is 10.0. The second-order valence-electron chi connectivity index (χ2n) is 7.40. The van der Waals surface area contributed by atoms with E-state index in [1.54, 1.807) is 12.2 Å². The number of hydrogen-bond donors (Lipinski definition) is 0. The lowest BCUT2D eigenvalue weighted by molar-refractivity contribution is -0.0126. The number of hydrogen-bond acceptors (Lipinski definition) is 9. The van der Waals surface area contributed by atoms with Gasteiger partial charge in [-0.1, -0.05) is 6.08 Å². The Balaban J connectivity index is 5.45. The van der Waals surface area contributed by atoms with Crippen LogP contribution in [0.5, 0.6) is 0 Å². The molecule has 9 nitrogen and oxygen atoms in total. The van der Waals surface area contributed by atoms with E-state index >= 15 is 0 Å². The first-order valence-corrected chi connectivity index (χ1v) is 13.3. The Morgan fingerprint density at radius 2 is 1.78 bits per heavy atom. The molecule has 0 rings (SSSR count). The zero-order valence-corrected chi connectivity index (χ0v) is 22.2. The van der Waals surface area contributed by atoms with E-state index in [1.807, 2.05) is 7.85 Å². The molecule has 0 aromatic heterocycles. The molecule has 0 spiro atoms. The topological polar surface area (TPSA) is 99.5 Å². The maximum atomic E-state index is 12.4. The minimum absolute atomic E-state index is 0.143. The minimum Gasteiger partial charge on any atom is -0.376 e. The summed E-state index contributed by atoms with van der Waals surface area (Å²) < 4.78 is 48.0. The van der Waals surface area contributed by atoms with Gasteiger partial charge in [-0.2, -0.15) is 5.26 Å². The van der Waals surface area contributed by atoms with Crippen molar-refractivity contribution in [1.82, 2.24) is 4.67 Å². The van der Waals surface area contributed by atoms with Crippen LogP contribution in [0, 0.1) is 11.3 Å². The van der Waals surface area contributed by atoms with Gasteiger partial charge >= 0.3 is 7.60 Å². The van der Waals surface area contributed by atoms with E-state index < -0.39 is 22.2 Å². The largest absolute Gasteiger partial charge is 0.376 e. The monoisotopic (exact) mass is 492 g/mol. The predicted molar refractivity (Wildman–Crippen MR) is 130 cm³/mol. The Hall–Kier alpha value is -0.585. The summed E-state index contributed by atoms with van der Waals surface area (Å²) in [5, 5.41) is 8.86. The highest BCUT2D eigenvalue weighted by molar-refractivity contribution is 7.57. The van der Waals surface area contributed by atoms with Crippen molar-refractivity contribution < 1.29 is 32.1 Å². The van der Waals surface area contributed by atoms with Gasteiger partial charge < -0.3 is 27.6 Å². The van der Waals surface area contributed by atoms with Crippen LogP contribution in [0.4, 0.5) is 0 Å². The van der Waals surface area contributed by atoms with Gasteiger partial charge in [0.1, 0.15) is 7.85 Å². The first-order chi connectivity index (χ1) is 15.1. The van der Waals surface area contributed by atoms with E-state index in [9.17, 15) is 4.57 Å². The summed E-state index contributed by atoms with van der Waals surface area (Å²) in [6.07, 6.45) is 2.99. The summed E-state index contributed by atoms with van der Waals surface area (Å²) >= 11 is 0. The second-order valence-corrected chi connectivity index (χ2v) is 11.0. The van der Waals surface area contributed by atoms with Crippen molar-refractivity contribution in [3.63, 3.8) is 0 Å². The highest BCUT2D eigenvalue weighted by Gasteiger charge is 2.28. The summed E-state index contributed by atoms with van der Waals surface area (Å²) in [4.78, 5) is 0. The highest BCUT2D eigenvalue weighted by Crippen LogP contribution is 2.49. The minimum atomic E-state index is -3.36. The van der Waals surface area contributed by atoms with Crippen LogP contribution in [-0.2, 0) is 32.1 Å². The van der Waals surface area contributed by atoms with Crippen LogP contribution in [0.2, 0.25) is 0 Å². The molecule has 0 aliphatic carbocycles. The molecule has 0 heterocycles. The van der Waals surface area contributed by atoms with Crippen LogP contribution in [0.15, 0.2) is 24.5 Å². The molecule has 0 aromatic rings. The SMILES string of the molecule is BC(COCC=C)OC(/C=C/P(=O)(OC)OC)COP(OCCC#N)N(C(C)C)C(C)C. The molecule has 32 heavy (non-hydrogen) atoms. The maximum absolute atomic E-state index is 12.4. The van der Waals surface area contributed by atoms with E-state index in [1.165, 1.54) is 20.0 Å². The number of ether oxygens (including phenoxy) is 2. The molecule has 0 radical (unpaired) electrons. The summed E-state index contributed by atoms with van der Waals surface area (Å²) in [5.41, 5.74) is 0. The van der Waals surface area contributed by atoms with Gasteiger partial charge in [-0.05, 0) is 33.8 Å². The molecule has 0 aliphatic rings. The fourth-order valence-corrected chi connectivity index (χ4v) is 5.06. The third-order valence-electron chi connectivity index (χ3n) is 4.00. The molecule has 0 saturated carbocycles. The standard InChI is InChI=1S/C20H39BN2O7P2/c1-8-12-27-16-20(21)30-19(10-14-32(24,25-6)26-7)15-29-31(28-13-9-11-22)23(17(2)3)18(4)5/h8,10,14,17-20H,1,9,12-13,15-16,21H2,2-7H3/b14-10+. The Kier molecular flexibility index (Phi) is 17.5. The van der Waals surface area contributed by atoms with Crippen molar-refractivity contribution in [2.75, 3.05) is 40.6 Å². The number of nitrogens with zero attached hydrogens (tertiary/aromatic N) is 2. The summed E-state index contributed by atoms with van der Waals surface area (Å²) in [5.74, 6) is 1.36. The summed E-state index contributed by atoms with van der Waals surface area (Å²) in [7, 11) is -0.289. The fraction of sp³-hybridized carbons (Fsp3) is 0.750. The van der Waals surface area contributed by atoms with Gasteiger partial charge in [0, 0.05) is 38.1 Å². The molecule has 0 N–H and O–H groups in total. The van der Waals surface area contributed by atoms with Crippen molar-refractivity contribution in [2.45, 2.75) is 58.3 Å². The molecule has 0 aliphatic heterocycles. The highest BCUT2D eigenvalue weighted by atomic mass is 31.2. The van der Waals surface area contributed by atoms with Crippen LogP contribution in [0.1, 0.15) is 34.1 Å². The predicted octanol–water partition coefficient (Wildman–Crippen LogP) is 3.83. The lowest BCUT2D eigenvalue weighted by Crippen LogP contribution is -2.35. The van der Waals surface area contributed by atoms with Gasteiger partial charge in [0.05, 0.1) is 45.0 Å². The summed E-state index contributed by atoms with van der Waals surface area (Å²) in [6, 6.07) is 2.17. The maximum Gasteiger partial charge on any atom is 0.353 e. The third kappa shape index (κ3) is 13.2. The van der Waals surface area contributed by atoms with Crippen LogP contribution in [0.3, 0.4) is 0 Å². The molecule has 0 aromatic carbocycles. The molecule has 12 heteroatoms. The van der Waals surface area contributed by atoms with Crippen LogP contribution < -0.4 is 0 Å². The van der Waals surface area contributed by atoms with Crippen molar-refractivity contribution in [3.05, 3.63) is 24.5 Å². The summed E-state index contributed by atoms with van der Waals surface area (Å²) in [6.45, 7) is 13.1. The molecule has 0 bridgehead atoms. The average molecular weight is 492 g/mol. The van der Waals surface area contributed by atoms with E-state index in [-0.39, 0.29) is 37.7 Å². The normalized spacial score (nSPS) is 15.4. The van der Waals surface area contributed by atoms with E-state index in [4.69, 9.17) is 32.8 Å². The molecule has 184 valence electrons. The third-order valence-corrected chi connectivity index (χ3v) is 7.63. The lowest BCUT2D eigenvalue weighted by Gasteiger charge is -2.36. The number of rotatable bonds is 19. The van der Waals surface area contributed by atoms with Gasteiger partial charge in [0.25, 0.3) is 8.53 Å². The Morgan fingerprint density at radius 3 is 2.28 bits per heavy atom. The van der Waals surface area contributed by atoms with Crippen molar-refractivity contribution in [1.29, 1.82) is 5.26 Å². The molecule has 3 atom stereocenters. The van der Waals surface area contributed by atoms with E-state index in [0.29, 0.717) is 13.2 Å². The van der Waals surface area contributed by atoms with Crippen LogP contribution >= 0.6 is 16.1 Å². The van der Waals surface area contributed by atoms with Gasteiger partial charge in [0.15, 0.2) is 0 Å². The van der Waals surface area contributed by atoms with Crippen molar-refractivity contribution in [3.8, 4) is 6.07 Å². The molecule has 0 fully saturated rings. The molecule has 0 saturated heterocycles. The second kappa shape index (κ2) is 17.8. The zero-order valence-electron chi connectivity index (χ0n) is 20.4. The average Bonchev–Trinajstić information content (AvgIpc) is 2.74. The fourth-order valence-electron chi connectivity index (χ4n) is 2.64. The Bertz CT molecular complexity index is 616. The van der Waals surface area contributed by atoms with Crippen LogP contribution in [-0.4, -0.2) is 77.4 Å². The van der Waals surface area contributed by atoms with Gasteiger partial charge in [-0.3, -0.25) is 4.57 Å². The van der Waals surface area contributed by atoms with Gasteiger partial charge in [0.2, 0.25) is 0 Å². The molecule has 3 unspecified atom stereocenters. The van der Waals surface area contributed by atoms with E-state index in [2.05, 4.69) is 45.0 Å². The zero-order chi connectivity index (χ0) is 24.6. The van der Waals surface area contributed by atoms with Gasteiger partial charge in [-0.15, -0.1) is 6.58 Å². The quantitative estimate of drug-likeness (QED) is 0.115. The smallest absolute Gasteiger partial charge is 0.353 e. The molecule has 0 amide bonds. The Morgan fingerprint density at radius 1 is 1.16 bits per heavy atom. The van der Waals surface area contributed by atoms with Crippen molar-refractivity contribution >= 4 is 24.0 Å². The Labute approximate surface area is 195 Å².